The molecule has 1 rings (SSSR count). The normalized spacial score (nSPS) is 21.3. The van der Waals surface area contributed by atoms with E-state index in [1.807, 2.05) is 0 Å². The first-order valence-corrected chi connectivity index (χ1v) is 5.55. The third-order valence-corrected chi connectivity index (χ3v) is 3.21. The minimum Gasteiger partial charge on any atom is -0.392 e. The maximum absolute atomic E-state index is 11.7. The zero-order valence-electron chi connectivity index (χ0n) is 9.21. The molecule has 0 spiro atoms. The molecule has 1 aliphatic rings. The van der Waals surface area contributed by atoms with Gasteiger partial charge in [-0.15, -0.1) is 0 Å². The van der Waals surface area contributed by atoms with E-state index in [1.54, 1.807) is 13.8 Å². The molecule has 0 aromatic carbocycles. The van der Waals surface area contributed by atoms with Crippen LogP contribution in [0, 0.1) is 5.41 Å². The fraction of sp³-hybridized carbons (Fsp3) is 0.800. The third-order valence-electron chi connectivity index (χ3n) is 2.70. The largest absolute Gasteiger partial charge is 0.392 e. The number of nitrogens with one attached hydrogen (secondary N) is 1. The Kier molecular flexibility index (Phi) is 4.04. The molecule has 1 atom stereocenters. The number of ether oxygens (including phenoxy) is 1. The number of amides is 1. The maximum atomic E-state index is 11.7. The van der Waals surface area contributed by atoms with Gasteiger partial charge in [-0.2, -0.15) is 0 Å². The highest BCUT2D eigenvalue weighted by Crippen LogP contribution is 2.16. The summed E-state index contributed by atoms with van der Waals surface area (Å²) in [4.78, 5) is 11.9. The number of rotatable bonds is 4. The van der Waals surface area contributed by atoms with E-state index in [-0.39, 0.29) is 17.0 Å². The van der Waals surface area contributed by atoms with Crippen LogP contribution in [0.1, 0.15) is 26.7 Å². The van der Waals surface area contributed by atoms with Crippen molar-refractivity contribution in [2.24, 2.45) is 11.1 Å². The molecule has 4 nitrogen and oxygen atoms in total. The molecule has 1 saturated heterocycles. The number of hydrogen-bond donors (Lipinski definition) is 2. The molecule has 0 aromatic rings. The van der Waals surface area contributed by atoms with Crippen molar-refractivity contribution in [3.8, 4) is 0 Å². The van der Waals surface area contributed by atoms with E-state index in [0.717, 1.165) is 19.4 Å². The van der Waals surface area contributed by atoms with Crippen molar-refractivity contribution in [2.45, 2.75) is 32.8 Å². The van der Waals surface area contributed by atoms with Crippen LogP contribution in [0.4, 0.5) is 0 Å². The van der Waals surface area contributed by atoms with E-state index in [2.05, 4.69) is 5.32 Å². The molecule has 0 aliphatic carbocycles. The summed E-state index contributed by atoms with van der Waals surface area (Å²) >= 11 is 4.84. The van der Waals surface area contributed by atoms with Crippen molar-refractivity contribution >= 4 is 23.1 Å². The smallest absolute Gasteiger partial charge is 0.232 e. The second-order valence-electron chi connectivity index (χ2n) is 4.33. The number of nitrogens with two attached hydrogens (primary N) is 1. The Morgan fingerprint density at radius 3 is 2.80 bits per heavy atom. The number of hydrogen-bond acceptors (Lipinski definition) is 3. The summed E-state index contributed by atoms with van der Waals surface area (Å²) in [5.41, 5.74) is 4.71. The zero-order valence-corrected chi connectivity index (χ0v) is 10.0. The predicted octanol–water partition coefficient (Wildman–Crippen LogP) is 0.594. The standard InChI is InChI=1S/C10H18N2O2S/c1-10(2,8(11)15)9(13)12-6-7-4-3-5-14-7/h7H,3-6H2,1-2H3,(H2,11,15)(H,12,13). The van der Waals surface area contributed by atoms with Crippen LogP contribution in [0.15, 0.2) is 0 Å². The van der Waals surface area contributed by atoms with E-state index in [9.17, 15) is 4.79 Å². The summed E-state index contributed by atoms with van der Waals surface area (Å²) in [5, 5.41) is 2.81. The van der Waals surface area contributed by atoms with Gasteiger partial charge in [0.05, 0.1) is 16.5 Å². The van der Waals surface area contributed by atoms with E-state index in [1.165, 1.54) is 0 Å². The molecule has 5 heteroatoms. The van der Waals surface area contributed by atoms with Gasteiger partial charge in [-0.05, 0) is 26.7 Å². The van der Waals surface area contributed by atoms with Gasteiger partial charge in [0, 0.05) is 13.2 Å². The minimum atomic E-state index is -0.784. The molecule has 1 fully saturated rings. The van der Waals surface area contributed by atoms with Gasteiger partial charge >= 0.3 is 0 Å². The molecule has 86 valence electrons. The van der Waals surface area contributed by atoms with Gasteiger partial charge in [0.15, 0.2) is 0 Å². The maximum Gasteiger partial charge on any atom is 0.232 e. The Hall–Kier alpha value is -0.680. The topological polar surface area (TPSA) is 64.3 Å². The zero-order chi connectivity index (χ0) is 11.5. The van der Waals surface area contributed by atoms with Gasteiger partial charge in [0.2, 0.25) is 5.91 Å². The molecule has 1 aliphatic heterocycles. The average molecular weight is 230 g/mol. The van der Waals surface area contributed by atoms with Crippen LogP contribution in [0.25, 0.3) is 0 Å². The molecular formula is C10H18N2O2S. The molecule has 0 bridgehead atoms. The van der Waals surface area contributed by atoms with Gasteiger partial charge in [0.1, 0.15) is 0 Å². The Balaban J connectivity index is 2.38. The fourth-order valence-electron chi connectivity index (χ4n) is 1.34. The molecule has 1 unspecified atom stereocenters. The Morgan fingerprint density at radius 1 is 1.67 bits per heavy atom. The lowest BCUT2D eigenvalue weighted by atomic mass is 9.92. The van der Waals surface area contributed by atoms with Crippen molar-refractivity contribution in [1.29, 1.82) is 0 Å². The van der Waals surface area contributed by atoms with Crippen LogP contribution in [-0.2, 0) is 9.53 Å². The lowest BCUT2D eigenvalue weighted by molar-refractivity contribution is -0.126. The van der Waals surface area contributed by atoms with E-state index in [0.29, 0.717) is 6.54 Å². The Labute approximate surface area is 95.5 Å². The second kappa shape index (κ2) is 4.90. The summed E-state index contributed by atoms with van der Waals surface area (Å²) in [5.74, 6) is -0.134. The van der Waals surface area contributed by atoms with Crippen molar-refractivity contribution in [3.05, 3.63) is 0 Å². The van der Waals surface area contributed by atoms with Gasteiger partial charge < -0.3 is 15.8 Å². The highest BCUT2D eigenvalue weighted by atomic mass is 32.1. The Bertz CT molecular complexity index is 260. The fourth-order valence-corrected chi connectivity index (χ4v) is 1.44. The third kappa shape index (κ3) is 3.14. The van der Waals surface area contributed by atoms with Crippen molar-refractivity contribution in [3.63, 3.8) is 0 Å². The summed E-state index contributed by atoms with van der Waals surface area (Å²) in [6, 6.07) is 0. The van der Waals surface area contributed by atoms with Gasteiger partial charge in [-0.1, -0.05) is 12.2 Å². The van der Waals surface area contributed by atoms with Crippen LogP contribution in [0.5, 0.6) is 0 Å². The first-order valence-electron chi connectivity index (χ1n) is 5.14. The van der Waals surface area contributed by atoms with Crippen molar-refractivity contribution < 1.29 is 9.53 Å². The molecule has 1 amide bonds. The van der Waals surface area contributed by atoms with Crippen LogP contribution < -0.4 is 11.1 Å². The van der Waals surface area contributed by atoms with E-state index < -0.39 is 5.41 Å². The minimum absolute atomic E-state index is 0.134. The van der Waals surface area contributed by atoms with Crippen LogP contribution >= 0.6 is 12.2 Å². The SMILES string of the molecule is CC(C)(C(=O)NCC1CCCO1)C(N)=S. The molecular weight excluding hydrogens is 212 g/mol. The summed E-state index contributed by atoms with van der Waals surface area (Å²) in [6.45, 7) is 4.78. The predicted molar refractivity (Wildman–Crippen MR) is 62.6 cm³/mol. The number of thiocarbonyl (C=S) groups is 1. The molecule has 15 heavy (non-hydrogen) atoms. The first-order chi connectivity index (χ1) is 6.94. The van der Waals surface area contributed by atoms with Crippen LogP contribution in [0.3, 0.4) is 0 Å². The first kappa shape index (κ1) is 12.4. The molecule has 3 N–H and O–H groups in total. The average Bonchev–Trinajstić information content (AvgIpc) is 2.66. The molecule has 0 saturated carbocycles. The van der Waals surface area contributed by atoms with Crippen LogP contribution in [-0.4, -0.2) is 30.2 Å². The molecule has 0 aromatic heterocycles. The lowest BCUT2D eigenvalue weighted by Gasteiger charge is -2.22. The van der Waals surface area contributed by atoms with Gasteiger partial charge in [0.25, 0.3) is 0 Å². The quantitative estimate of drug-likeness (QED) is 0.694. The molecule has 0 radical (unpaired) electrons. The van der Waals surface area contributed by atoms with E-state index >= 15 is 0 Å². The monoisotopic (exact) mass is 230 g/mol. The van der Waals surface area contributed by atoms with Gasteiger partial charge in [-0.3, -0.25) is 4.79 Å². The summed E-state index contributed by atoms with van der Waals surface area (Å²) in [6.07, 6.45) is 2.23. The summed E-state index contributed by atoms with van der Waals surface area (Å²) in [7, 11) is 0. The summed E-state index contributed by atoms with van der Waals surface area (Å²) < 4.78 is 5.40. The highest BCUT2D eigenvalue weighted by molar-refractivity contribution is 7.80. The second-order valence-corrected chi connectivity index (χ2v) is 4.77. The van der Waals surface area contributed by atoms with Crippen LogP contribution in [0.2, 0.25) is 0 Å². The lowest BCUT2D eigenvalue weighted by Crippen LogP contribution is -2.46. The molecule has 1 heterocycles. The number of carbonyl (C=O) groups is 1. The van der Waals surface area contributed by atoms with E-state index in [4.69, 9.17) is 22.7 Å². The highest BCUT2D eigenvalue weighted by Gasteiger charge is 2.31. The number of carbonyl (C=O) groups excluding carboxylic acids is 1. The van der Waals surface area contributed by atoms with Gasteiger partial charge in [-0.25, -0.2) is 0 Å². The van der Waals surface area contributed by atoms with Crippen molar-refractivity contribution in [1.82, 2.24) is 5.32 Å². The van der Waals surface area contributed by atoms with Crippen molar-refractivity contribution in [2.75, 3.05) is 13.2 Å². The Morgan fingerprint density at radius 2 is 2.33 bits per heavy atom.